The maximum Gasteiger partial charge on any atom is 0.0783 e. The highest BCUT2D eigenvalue weighted by Gasteiger charge is 2.12. The van der Waals surface area contributed by atoms with Crippen molar-refractivity contribution in [1.29, 1.82) is 0 Å². The number of aryl methyl sites for hydroxylation is 4. The number of rotatable bonds is 8. The van der Waals surface area contributed by atoms with E-state index in [1.807, 2.05) is 6.07 Å². The van der Waals surface area contributed by atoms with E-state index in [1.165, 1.54) is 44.3 Å². The summed E-state index contributed by atoms with van der Waals surface area (Å²) in [7, 11) is 0. The summed E-state index contributed by atoms with van der Waals surface area (Å²) in [5.41, 5.74) is 10.8. The van der Waals surface area contributed by atoms with Crippen LogP contribution in [0.5, 0.6) is 0 Å². The molecule has 0 spiro atoms. The van der Waals surface area contributed by atoms with Gasteiger partial charge < -0.3 is 0 Å². The summed E-state index contributed by atoms with van der Waals surface area (Å²) in [4.78, 5) is 10.1. The molecule has 3 aromatic carbocycles. The van der Waals surface area contributed by atoms with Gasteiger partial charge in [0, 0.05) is 27.9 Å². The highest BCUT2D eigenvalue weighted by Crippen LogP contribution is 2.31. The van der Waals surface area contributed by atoms with Gasteiger partial charge in [-0.3, -0.25) is 9.97 Å². The Hall–Kier alpha value is -3.78. The summed E-state index contributed by atoms with van der Waals surface area (Å²) in [6.45, 7) is 8.85. The van der Waals surface area contributed by atoms with E-state index >= 15 is 0 Å². The van der Waals surface area contributed by atoms with Crippen LogP contribution in [0.1, 0.15) is 60.7 Å². The average molecular weight is 485 g/mol. The monoisotopic (exact) mass is 484 g/mol. The van der Waals surface area contributed by atoms with Crippen LogP contribution in [-0.4, -0.2) is 9.97 Å². The number of pyridine rings is 2. The first-order chi connectivity index (χ1) is 18.0. The number of aromatic nitrogens is 2. The van der Waals surface area contributed by atoms with Crippen LogP contribution in [-0.2, 0) is 12.8 Å². The largest absolute Gasteiger partial charge is 0.253 e. The minimum absolute atomic E-state index is 0.504. The molecule has 2 heteroatoms. The molecule has 0 atom stereocenters. The predicted octanol–water partition coefficient (Wildman–Crippen LogP) is 9.27. The summed E-state index contributed by atoms with van der Waals surface area (Å²) in [5, 5.41) is 2.53. The Morgan fingerprint density at radius 1 is 0.622 bits per heavy atom. The van der Waals surface area contributed by atoms with E-state index in [4.69, 9.17) is 9.97 Å². The third kappa shape index (κ3) is 5.97. The van der Waals surface area contributed by atoms with Gasteiger partial charge in [0.2, 0.25) is 0 Å². The molecular weight excluding hydrogens is 448 g/mol. The van der Waals surface area contributed by atoms with Gasteiger partial charge in [0.15, 0.2) is 0 Å². The van der Waals surface area contributed by atoms with Gasteiger partial charge in [0.25, 0.3) is 0 Å². The number of fused-ring (bicyclic) bond motifs is 1. The fourth-order valence-corrected chi connectivity index (χ4v) is 5.15. The van der Waals surface area contributed by atoms with Crippen LogP contribution in [0.2, 0.25) is 0 Å². The van der Waals surface area contributed by atoms with Gasteiger partial charge in [0.1, 0.15) is 0 Å². The molecule has 0 aliphatic carbocycles. The van der Waals surface area contributed by atoms with Crippen LogP contribution >= 0.6 is 0 Å². The van der Waals surface area contributed by atoms with Gasteiger partial charge in [-0.25, -0.2) is 0 Å². The zero-order valence-electron chi connectivity index (χ0n) is 22.5. The van der Waals surface area contributed by atoms with E-state index in [0.717, 1.165) is 42.8 Å². The lowest BCUT2D eigenvalue weighted by Crippen LogP contribution is -1.98. The zero-order valence-corrected chi connectivity index (χ0v) is 22.5. The maximum atomic E-state index is 5.21. The number of nitrogens with zero attached hydrogens (tertiary/aromatic N) is 2. The number of hydrogen-bond acceptors (Lipinski definition) is 2. The van der Waals surface area contributed by atoms with Crippen LogP contribution in [0.4, 0.5) is 0 Å². The predicted molar refractivity (Wildman–Crippen MR) is 157 cm³/mol. The molecule has 0 aliphatic rings. The first kappa shape index (κ1) is 24.9. The summed E-state index contributed by atoms with van der Waals surface area (Å²) in [5.74, 6) is 0.504. The average Bonchev–Trinajstić information content (AvgIpc) is 2.90. The van der Waals surface area contributed by atoms with Crippen LogP contribution < -0.4 is 0 Å². The van der Waals surface area contributed by atoms with Gasteiger partial charge in [-0.2, -0.15) is 0 Å². The molecule has 2 nitrogen and oxygen atoms in total. The first-order valence-corrected chi connectivity index (χ1v) is 13.5. The van der Waals surface area contributed by atoms with Gasteiger partial charge >= 0.3 is 0 Å². The lowest BCUT2D eigenvalue weighted by Gasteiger charge is -2.14. The Kier molecular flexibility index (Phi) is 7.46. The van der Waals surface area contributed by atoms with Crippen molar-refractivity contribution in [1.82, 2.24) is 9.97 Å². The fourth-order valence-electron chi connectivity index (χ4n) is 5.15. The third-order valence-electron chi connectivity index (χ3n) is 7.06. The molecule has 0 fully saturated rings. The van der Waals surface area contributed by atoms with Crippen molar-refractivity contribution in [3.63, 3.8) is 0 Å². The highest BCUT2D eigenvalue weighted by molar-refractivity contribution is 5.95. The molecule has 186 valence electrons. The minimum Gasteiger partial charge on any atom is -0.253 e. The second-order valence-electron chi connectivity index (χ2n) is 10.6. The van der Waals surface area contributed by atoms with Crippen LogP contribution in [0.25, 0.3) is 33.3 Å². The van der Waals surface area contributed by atoms with Crippen LogP contribution in [0.3, 0.4) is 0 Å². The van der Waals surface area contributed by atoms with Gasteiger partial charge in [-0.15, -0.1) is 0 Å². The molecule has 0 radical (unpaired) electrons. The number of hydrogen-bond donors (Lipinski definition) is 0. The normalized spacial score (nSPS) is 11.4. The molecule has 0 amide bonds. The first-order valence-electron chi connectivity index (χ1n) is 13.5. The molecule has 0 bridgehead atoms. The van der Waals surface area contributed by atoms with Crippen molar-refractivity contribution >= 4 is 10.8 Å². The second kappa shape index (κ2) is 11.1. The van der Waals surface area contributed by atoms with E-state index < -0.39 is 0 Å². The molecule has 0 unspecified atom stereocenters. The Morgan fingerprint density at radius 2 is 1.35 bits per heavy atom. The van der Waals surface area contributed by atoms with E-state index in [1.54, 1.807) is 0 Å². The van der Waals surface area contributed by atoms with E-state index in [2.05, 4.69) is 113 Å². The molecule has 5 rings (SSSR count). The fraction of sp³-hybridized carbons (Fsp3) is 0.257. The standard InChI is InChI=1S/C35H36N2/c1-24(2)28-17-18-33-29(22-28)23-32(37-35(33)30-20-25(3)19-26(4)21-30)14-9-8-13-31-15-10-16-34(36-31)27-11-6-5-7-12-27/h5-7,10-12,15-24H,8-9,13-14H2,1-4H3. The van der Waals surface area contributed by atoms with Crippen molar-refractivity contribution in [3.05, 3.63) is 119 Å². The van der Waals surface area contributed by atoms with Crippen molar-refractivity contribution in [3.8, 4) is 22.5 Å². The second-order valence-corrected chi connectivity index (χ2v) is 10.6. The van der Waals surface area contributed by atoms with E-state index in [-0.39, 0.29) is 0 Å². The molecule has 0 saturated carbocycles. The quantitative estimate of drug-likeness (QED) is 0.205. The lowest BCUT2D eigenvalue weighted by atomic mass is 9.95. The van der Waals surface area contributed by atoms with Crippen molar-refractivity contribution in [2.75, 3.05) is 0 Å². The molecule has 0 aliphatic heterocycles. The molecule has 0 saturated heterocycles. The summed E-state index contributed by atoms with van der Waals surface area (Å²) in [6.07, 6.45) is 4.13. The molecule has 5 aromatic rings. The Morgan fingerprint density at radius 3 is 2.08 bits per heavy atom. The summed E-state index contributed by atoms with van der Waals surface area (Å²) in [6, 6.07) is 32.7. The third-order valence-corrected chi connectivity index (χ3v) is 7.06. The van der Waals surface area contributed by atoms with Crippen molar-refractivity contribution in [2.45, 2.75) is 59.3 Å². The topological polar surface area (TPSA) is 25.8 Å². The van der Waals surface area contributed by atoms with Crippen molar-refractivity contribution in [2.24, 2.45) is 0 Å². The van der Waals surface area contributed by atoms with Crippen LogP contribution in [0.15, 0.2) is 91.0 Å². The van der Waals surface area contributed by atoms with Crippen molar-refractivity contribution < 1.29 is 0 Å². The van der Waals surface area contributed by atoms with E-state index in [0.29, 0.717) is 5.92 Å². The minimum atomic E-state index is 0.504. The molecular formula is C35H36N2. The molecule has 37 heavy (non-hydrogen) atoms. The molecule has 0 N–H and O–H groups in total. The summed E-state index contributed by atoms with van der Waals surface area (Å²) >= 11 is 0. The highest BCUT2D eigenvalue weighted by atomic mass is 14.7. The smallest absolute Gasteiger partial charge is 0.0783 e. The number of benzene rings is 3. The number of unbranched alkanes of at least 4 members (excludes halogenated alkanes) is 1. The van der Waals surface area contributed by atoms with Gasteiger partial charge in [0.05, 0.1) is 11.4 Å². The Bertz CT molecular complexity index is 1500. The Labute approximate surface area is 221 Å². The molecule has 2 aromatic heterocycles. The van der Waals surface area contributed by atoms with Gasteiger partial charge in [-0.05, 0) is 86.7 Å². The lowest BCUT2D eigenvalue weighted by molar-refractivity contribution is 0.714. The maximum absolute atomic E-state index is 5.21. The Balaban J connectivity index is 1.36. The zero-order chi connectivity index (χ0) is 25.8. The van der Waals surface area contributed by atoms with E-state index in [9.17, 15) is 0 Å². The van der Waals surface area contributed by atoms with Gasteiger partial charge in [-0.1, -0.05) is 85.6 Å². The summed E-state index contributed by atoms with van der Waals surface area (Å²) < 4.78 is 0. The van der Waals surface area contributed by atoms with Crippen LogP contribution in [0, 0.1) is 13.8 Å². The SMILES string of the molecule is Cc1cc(C)cc(-c2nc(CCCCc3cccc(-c4ccccc4)n3)cc3cc(C(C)C)ccc23)c1. The molecule has 2 heterocycles.